The van der Waals surface area contributed by atoms with Gasteiger partial charge in [0.15, 0.2) is 6.23 Å². The number of carbonyl (C=O) groups excluding carboxylic acids is 2. The number of para-hydroxylation sites is 1. The predicted octanol–water partition coefficient (Wildman–Crippen LogP) is 5.65. The summed E-state index contributed by atoms with van der Waals surface area (Å²) in [7, 11) is 0. The molecule has 144 valence electrons. The summed E-state index contributed by atoms with van der Waals surface area (Å²) >= 11 is 3.19. The van der Waals surface area contributed by atoms with E-state index in [1.165, 1.54) is 17.0 Å². The Morgan fingerprint density at radius 3 is 2.66 bits per heavy atom. The monoisotopic (exact) mass is 453 g/mol. The minimum absolute atomic E-state index is 0.110. The number of cyclic esters (lactones) is 1. The summed E-state index contributed by atoms with van der Waals surface area (Å²) in [6, 6.07) is 15.0. The molecule has 1 amide bonds. The lowest BCUT2D eigenvalue weighted by Gasteiger charge is -2.34. The molecule has 0 fully saturated rings. The van der Waals surface area contributed by atoms with Crippen LogP contribution in [0.1, 0.15) is 27.6 Å². The van der Waals surface area contributed by atoms with E-state index in [2.05, 4.69) is 15.9 Å². The fourth-order valence-corrected chi connectivity index (χ4v) is 3.99. The van der Waals surface area contributed by atoms with Crippen LogP contribution in [0.15, 0.2) is 63.5 Å². The van der Waals surface area contributed by atoms with Crippen molar-refractivity contribution in [2.45, 2.75) is 13.2 Å². The molecule has 5 nitrogen and oxygen atoms in total. The topological polar surface area (TPSA) is 59.8 Å². The third-order valence-electron chi connectivity index (χ3n) is 5.00. The fourth-order valence-electron chi connectivity index (χ4n) is 3.66. The predicted molar refractivity (Wildman–Crippen MR) is 110 cm³/mol. The van der Waals surface area contributed by atoms with E-state index in [9.17, 15) is 14.0 Å². The zero-order chi connectivity index (χ0) is 20.3. The summed E-state index contributed by atoms with van der Waals surface area (Å²) in [5.41, 5.74) is 1.63. The van der Waals surface area contributed by atoms with E-state index in [0.29, 0.717) is 21.3 Å². The number of esters is 1. The number of fused-ring (bicyclic) bond motifs is 4. The minimum atomic E-state index is -0.888. The van der Waals surface area contributed by atoms with Crippen LogP contribution in [0, 0.1) is 5.82 Å². The van der Waals surface area contributed by atoms with Crippen LogP contribution in [0.5, 0.6) is 0 Å². The van der Waals surface area contributed by atoms with Gasteiger partial charge in [-0.3, -0.25) is 9.69 Å². The Labute approximate surface area is 172 Å². The van der Waals surface area contributed by atoms with Gasteiger partial charge >= 0.3 is 5.97 Å². The van der Waals surface area contributed by atoms with Gasteiger partial charge in [-0.25, -0.2) is 9.18 Å². The summed E-state index contributed by atoms with van der Waals surface area (Å²) in [6.07, 6.45) is -0.888. The Morgan fingerprint density at radius 2 is 1.86 bits per heavy atom. The van der Waals surface area contributed by atoms with E-state index in [1.807, 2.05) is 24.3 Å². The first-order chi connectivity index (χ1) is 13.9. The quantitative estimate of drug-likeness (QED) is 0.349. The van der Waals surface area contributed by atoms with E-state index in [-0.39, 0.29) is 11.1 Å². The van der Waals surface area contributed by atoms with Crippen molar-refractivity contribution < 1.29 is 23.1 Å². The van der Waals surface area contributed by atoms with Crippen molar-refractivity contribution in [1.29, 1.82) is 0 Å². The molecule has 0 N–H and O–H groups in total. The first-order valence-electron chi connectivity index (χ1n) is 8.89. The van der Waals surface area contributed by atoms with Crippen molar-refractivity contribution in [1.82, 2.24) is 0 Å². The molecular weight excluding hydrogens is 441 g/mol. The maximum atomic E-state index is 14.4. The highest BCUT2D eigenvalue weighted by Gasteiger charge is 2.36. The van der Waals surface area contributed by atoms with E-state index in [1.54, 1.807) is 25.1 Å². The maximum absolute atomic E-state index is 14.4. The lowest BCUT2D eigenvalue weighted by Crippen LogP contribution is -2.45. The fraction of sp³-hybridized carbons (Fsp3) is 0.0909. The van der Waals surface area contributed by atoms with Gasteiger partial charge in [0.05, 0.1) is 16.8 Å². The molecule has 5 rings (SSSR count). The van der Waals surface area contributed by atoms with Crippen LogP contribution >= 0.6 is 15.9 Å². The number of anilines is 1. The summed E-state index contributed by atoms with van der Waals surface area (Å²) in [5.74, 6) is -1.82. The second-order valence-electron chi connectivity index (χ2n) is 6.77. The highest BCUT2D eigenvalue weighted by Crippen LogP contribution is 2.38. The molecule has 0 saturated carbocycles. The van der Waals surface area contributed by atoms with Crippen LogP contribution in [0.4, 0.5) is 10.1 Å². The SMILES string of the molecule is CC1OC(=O)c2cc3oc4ccccc4c3cc2N1C(=O)c1ccc(Br)cc1F. The van der Waals surface area contributed by atoms with Gasteiger partial charge in [-0.2, -0.15) is 0 Å². The van der Waals surface area contributed by atoms with E-state index in [0.717, 1.165) is 10.8 Å². The van der Waals surface area contributed by atoms with Crippen LogP contribution in [0.2, 0.25) is 0 Å². The van der Waals surface area contributed by atoms with Gasteiger partial charge in [-0.05, 0) is 43.3 Å². The molecule has 1 atom stereocenters. The van der Waals surface area contributed by atoms with E-state index >= 15 is 0 Å². The van der Waals surface area contributed by atoms with Crippen LogP contribution in [-0.2, 0) is 4.74 Å². The van der Waals surface area contributed by atoms with Crippen molar-refractivity contribution in [2.24, 2.45) is 0 Å². The Bertz CT molecular complexity index is 1330. The molecule has 29 heavy (non-hydrogen) atoms. The molecule has 1 unspecified atom stereocenters. The number of benzene rings is 3. The minimum Gasteiger partial charge on any atom is -0.456 e. The molecule has 0 saturated heterocycles. The Morgan fingerprint density at radius 1 is 1.07 bits per heavy atom. The first-order valence-corrected chi connectivity index (χ1v) is 9.68. The van der Waals surface area contributed by atoms with Gasteiger partial charge in [0, 0.05) is 15.2 Å². The van der Waals surface area contributed by atoms with Crippen LogP contribution in [-0.4, -0.2) is 18.1 Å². The Hall–Kier alpha value is -3.19. The molecule has 2 heterocycles. The highest BCUT2D eigenvalue weighted by atomic mass is 79.9. The number of hydrogen-bond donors (Lipinski definition) is 0. The zero-order valence-corrected chi connectivity index (χ0v) is 16.7. The lowest BCUT2D eigenvalue weighted by molar-refractivity contribution is 0.0296. The largest absolute Gasteiger partial charge is 0.456 e. The molecule has 1 aromatic heterocycles. The molecule has 1 aliphatic heterocycles. The van der Waals surface area contributed by atoms with Gasteiger partial charge in [-0.15, -0.1) is 0 Å². The lowest BCUT2D eigenvalue weighted by atomic mass is 10.0. The second-order valence-corrected chi connectivity index (χ2v) is 7.68. The van der Waals surface area contributed by atoms with Crippen LogP contribution in [0.25, 0.3) is 21.9 Å². The third kappa shape index (κ3) is 2.73. The number of halogens is 2. The highest BCUT2D eigenvalue weighted by molar-refractivity contribution is 9.10. The Balaban J connectivity index is 1.73. The molecule has 4 aromatic rings. The summed E-state index contributed by atoms with van der Waals surface area (Å²) < 4.78 is 26.1. The number of ether oxygens (including phenoxy) is 1. The van der Waals surface area contributed by atoms with Gasteiger partial charge in [-0.1, -0.05) is 34.1 Å². The first kappa shape index (κ1) is 17.9. The van der Waals surface area contributed by atoms with Crippen molar-refractivity contribution in [3.63, 3.8) is 0 Å². The molecule has 0 radical (unpaired) electrons. The number of hydrogen-bond acceptors (Lipinski definition) is 4. The van der Waals surface area contributed by atoms with Crippen molar-refractivity contribution in [3.8, 4) is 0 Å². The molecule has 0 aliphatic carbocycles. The standard InChI is InChI=1S/C22H13BrFNO4/c1-11-25(21(26)14-7-6-12(23)8-17(14)24)18-9-15-13-4-2-3-5-19(13)29-20(15)10-16(18)22(27)28-11/h2-11H,1H3. The number of amides is 1. The maximum Gasteiger partial charge on any atom is 0.342 e. The average Bonchev–Trinajstić information content (AvgIpc) is 3.04. The number of nitrogens with zero attached hydrogens (tertiary/aromatic N) is 1. The molecular formula is C22H13BrFNO4. The molecule has 3 aromatic carbocycles. The Kier molecular flexibility index (Phi) is 3.96. The van der Waals surface area contributed by atoms with E-state index in [4.69, 9.17) is 9.15 Å². The van der Waals surface area contributed by atoms with Gasteiger partial charge < -0.3 is 9.15 Å². The number of rotatable bonds is 1. The summed E-state index contributed by atoms with van der Waals surface area (Å²) in [4.78, 5) is 27.0. The summed E-state index contributed by atoms with van der Waals surface area (Å²) in [6.45, 7) is 1.58. The average molecular weight is 454 g/mol. The number of carbonyl (C=O) groups is 2. The zero-order valence-electron chi connectivity index (χ0n) is 15.1. The van der Waals surface area contributed by atoms with Crippen LogP contribution < -0.4 is 4.90 Å². The van der Waals surface area contributed by atoms with E-state index < -0.39 is 23.9 Å². The van der Waals surface area contributed by atoms with Gasteiger partial charge in [0.1, 0.15) is 17.0 Å². The van der Waals surface area contributed by atoms with Crippen molar-refractivity contribution in [3.05, 3.63) is 76.0 Å². The second kappa shape index (κ2) is 6.42. The third-order valence-corrected chi connectivity index (χ3v) is 5.49. The van der Waals surface area contributed by atoms with Gasteiger partial charge in [0.2, 0.25) is 0 Å². The van der Waals surface area contributed by atoms with Gasteiger partial charge in [0.25, 0.3) is 5.91 Å². The smallest absolute Gasteiger partial charge is 0.342 e. The summed E-state index contributed by atoms with van der Waals surface area (Å²) in [5, 5.41) is 1.62. The van der Waals surface area contributed by atoms with Crippen molar-refractivity contribution >= 4 is 55.4 Å². The molecule has 1 aliphatic rings. The van der Waals surface area contributed by atoms with Crippen molar-refractivity contribution in [2.75, 3.05) is 4.90 Å². The van der Waals surface area contributed by atoms with Crippen LogP contribution in [0.3, 0.4) is 0 Å². The number of furan rings is 1. The molecule has 0 spiro atoms. The molecule has 7 heteroatoms. The normalized spacial score (nSPS) is 16.2. The molecule has 0 bridgehead atoms.